The first-order valence-corrected chi connectivity index (χ1v) is 11.5. The molecular formula is C27H33FN2O3. The van der Waals surface area contributed by atoms with Crippen LogP contribution in [0.25, 0.3) is 0 Å². The molecule has 0 unspecified atom stereocenters. The van der Waals surface area contributed by atoms with Crippen LogP contribution in [0.15, 0.2) is 66.9 Å². The second kappa shape index (κ2) is 12.8. The number of aromatic nitrogens is 1. The van der Waals surface area contributed by atoms with E-state index in [0.29, 0.717) is 38.4 Å². The number of carbonyl (C=O) groups excluding carboxylic acids is 1. The van der Waals surface area contributed by atoms with E-state index >= 15 is 0 Å². The molecule has 0 N–H and O–H groups in total. The van der Waals surface area contributed by atoms with E-state index in [2.05, 4.69) is 11.5 Å². The highest BCUT2D eigenvalue weighted by atomic mass is 19.1. The molecule has 0 spiro atoms. The van der Waals surface area contributed by atoms with Crippen molar-refractivity contribution in [1.29, 1.82) is 0 Å². The number of halogens is 1. The van der Waals surface area contributed by atoms with Gasteiger partial charge in [-0.2, -0.15) is 0 Å². The molecule has 0 aliphatic heterocycles. The minimum Gasteiger partial charge on any atom is -0.494 e. The zero-order chi connectivity index (χ0) is 23.5. The molecule has 176 valence electrons. The molecule has 1 amide bonds. The van der Waals surface area contributed by atoms with Crippen LogP contribution >= 0.6 is 0 Å². The van der Waals surface area contributed by atoms with E-state index in [4.69, 9.17) is 9.47 Å². The van der Waals surface area contributed by atoms with Crippen LogP contribution in [0.3, 0.4) is 0 Å². The highest BCUT2D eigenvalue weighted by Gasteiger charge is 2.18. The third-order valence-corrected chi connectivity index (χ3v) is 5.45. The van der Waals surface area contributed by atoms with Crippen molar-refractivity contribution in [2.24, 2.45) is 0 Å². The molecule has 5 nitrogen and oxygen atoms in total. The van der Waals surface area contributed by atoms with Crippen LogP contribution in [0.5, 0.6) is 5.75 Å². The Morgan fingerprint density at radius 1 is 1.03 bits per heavy atom. The second-order valence-electron chi connectivity index (χ2n) is 8.06. The predicted octanol–water partition coefficient (Wildman–Crippen LogP) is 5.53. The number of hydrogen-bond donors (Lipinski definition) is 0. The number of ether oxygens (including phenoxy) is 2. The van der Waals surface area contributed by atoms with E-state index in [9.17, 15) is 9.18 Å². The molecule has 33 heavy (non-hydrogen) atoms. The average molecular weight is 453 g/mol. The Balaban J connectivity index is 1.72. The van der Waals surface area contributed by atoms with Crippen molar-refractivity contribution in [2.75, 3.05) is 26.9 Å². The number of methoxy groups -OCH3 is 1. The molecule has 0 saturated heterocycles. The fourth-order valence-corrected chi connectivity index (χ4v) is 3.64. The molecule has 1 aromatic heterocycles. The maximum atomic E-state index is 13.6. The van der Waals surface area contributed by atoms with Gasteiger partial charge >= 0.3 is 0 Å². The summed E-state index contributed by atoms with van der Waals surface area (Å²) in [5.74, 6) is 0.485. The summed E-state index contributed by atoms with van der Waals surface area (Å²) >= 11 is 0. The Labute approximate surface area is 195 Å². The highest BCUT2D eigenvalue weighted by Crippen LogP contribution is 2.17. The molecule has 0 fully saturated rings. The van der Waals surface area contributed by atoms with E-state index in [0.717, 1.165) is 36.3 Å². The number of rotatable bonds is 13. The van der Waals surface area contributed by atoms with E-state index in [1.807, 2.05) is 53.6 Å². The van der Waals surface area contributed by atoms with Crippen LogP contribution in [0.1, 0.15) is 47.8 Å². The fraction of sp³-hybridized carbons (Fsp3) is 0.370. The summed E-state index contributed by atoms with van der Waals surface area (Å²) in [6.45, 7) is 4.96. The van der Waals surface area contributed by atoms with Crippen LogP contribution in [-0.2, 0) is 17.8 Å². The number of unbranched alkanes of at least 4 members (excludes halogenated alkanes) is 1. The normalized spacial score (nSPS) is 10.9. The number of amides is 1. The minimum atomic E-state index is -0.250. The number of carbonyl (C=O) groups is 1. The van der Waals surface area contributed by atoms with Crippen molar-refractivity contribution >= 4 is 5.91 Å². The van der Waals surface area contributed by atoms with E-state index in [1.165, 1.54) is 12.1 Å². The van der Waals surface area contributed by atoms with Gasteiger partial charge in [0.15, 0.2) is 0 Å². The largest absolute Gasteiger partial charge is 0.494 e. The molecular weight excluding hydrogens is 419 g/mol. The molecule has 3 aromatic rings. The van der Waals surface area contributed by atoms with Gasteiger partial charge < -0.3 is 18.9 Å². The Morgan fingerprint density at radius 3 is 2.58 bits per heavy atom. The first-order valence-electron chi connectivity index (χ1n) is 11.5. The molecule has 0 aliphatic carbocycles. The van der Waals surface area contributed by atoms with E-state index < -0.39 is 0 Å². The first kappa shape index (κ1) is 24.5. The Morgan fingerprint density at radius 2 is 1.85 bits per heavy atom. The van der Waals surface area contributed by atoms with Gasteiger partial charge in [-0.05, 0) is 66.9 Å². The molecule has 0 radical (unpaired) electrons. The fourth-order valence-electron chi connectivity index (χ4n) is 3.64. The van der Waals surface area contributed by atoms with Gasteiger partial charge in [0.2, 0.25) is 0 Å². The van der Waals surface area contributed by atoms with Gasteiger partial charge in [0.25, 0.3) is 5.91 Å². The van der Waals surface area contributed by atoms with Gasteiger partial charge in [-0.1, -0.05) is 25.5 Å². The first-order chi connectivity index (χ1) is 16.1. The van der Waals surface area contributed by atoms with Crippen molar-refractivity contribution < 1.29 is 18.7 Å². The van der Waals surface area contributed by atoms with Gasteiger partial charge in [-0.3, -0.25) is 4.79 Å². The topological polar surface area (TPSA) is 43.7 Å². The summed E-state index contributed by atoms with van der Waals surface area (Å²) in [5, 5.41) is 0. The number of hydrogen-bond acceptors (Lipinski definition) is 3. The molecule has 6 heteroatoms. The maximum absolute atomic E-state index is 13.6. The van der Waals surface area contributed by atoms with Gasteiger partial charge in [-0.25, -0.2) is 4.39 Å². The van der Waals surface area contributed by atoms with Crippen molar-refractivity contribution in [3.63, 3.8) is 0 Å². The van der Waals surface area contributed by atoms with Crippen LogP contribution in [-0.4, -0.2) is 42.2 Å². The molecule has 0 aliphatic rings. The van der Waals surface area contributed by atoms with E-state index in [1.54, 1.807) is 13.2 Å². The predicted molar refractivity (Wildman–Crippen MR) is 128 cm³/mol. The van der Waals surface area contributed by atoms with Crippen LogP contribution in [0.4, 0.5) is 4.39 Å². The second-order valence-corrected chi connectivity index (χ2v) is 8.06. The van der Waals surface area contributed by atoms with E-state index in [-0.39, 0.29) is 11.7 Å². The monoisotopic (exact) mass is 452 g/mol. The average Bonchev–Trinajstić information content (AvgIpc) is 3.25. The third kappa shape index (κ3) is 7.46. The third-order valence-electron chi connectivity index (χ3n) is 5.45. The summed E-state index contributed by atoms with van der Waals surface area (Å²) in [6, 6.07) is 17.9. The Kier molecular flexibility index (Phi) is 9.51. The lowest BCUT2D eigenvalue weighted by molar-refractivity contribution is 0.0720. The molecule has 2 aromatic carbocycles. The zero-order valence-electron chi connectivity index (χ0n) is 19.5. The Hall–Kier alpha value is -3.12. The Bertz CT molecular complexity index is 1000. The molecule has 0 saturated carbocycles. The van der Waals surface area contributed by atoms with Crippen molar-refractivity contribution in [3.05, 3.63) is 89.5 Å². The summed E-state index contributed by atoms with van der Waals surface area (Å²) in [4.78, 5) is 15.2. The molecule has 0 bridgehead atoms. The minimum absolute atomic E-state index is 0.0373. The van der Waals surface area contributed by atoms with Gasteiger partial charge in [0.1, 0.15) is 11.6 Å². The van der Waals surface area contributed by atoms with Crippen LogP contribution in [0.2, 0.25) is 0 Å². The lowest BCUT2D eigenvalue weighted by Gasteiger charge is -2.24. The standard InChI is InChI=1S/C27H33FN2O3/c1-3-4-18-33-26-13-11-23(12-14-26)27(31)30(16-7-17-32-2)21-25-10-6-15-29(25)20-22-8-5-9-24(28)19-22/h5-6,8-15,19H,3-4,7,16-18,20-21H2,1-2H3. The van der Waals surface area contributed by atoms with Crippen molar-refractivity contribution in [2.45, 2.75) is 39.3 Å². The van der Waals surface area contributed by atoms with Crippen LogP contribution in [0, 0.1) is 5.82 Å². The van der Waals surface area contributed by atoms with Crippen molar-refractivity contribution in [1.82, 2.24) is 9.47 Å². The summed E-state index contributed by atoms with van der Waals surface area (Å²) in [7, 11) is 1.66. The van der Waals surface area contributed by atoms with Crippen LogP contribution < -0.4 is 4.74 Å². The number of nitrogens with zero attached hydrogens (tertiary/aromatic N) is 2. The summed E-state index contributed by atoms with van der Waals surface area (Å²) in [5.41, 5.74) is 2.49. The zero-order valence-corrected chi connectivity index (χ0v) is 19.5. The lowest BCUT2D eigenvalue weighted by Crippen LogP contribution is -2.33. The lowest BCUT2D eigenvalue weighted by atomic mass is 10.1. The SMILES string of the molecule is CCCCOc1ccc(C(=O)N(CCCOC)Cc2cccn2Cc2cccc(F)c2)cc1. The quantitative estimate of drug-likeness (QED) is 0.320. The molecule has 1 heterocycles. The maximum Gasteiger partial charge on any atom is 0.254 e. The van der Waals surface area contributed by atoms with Gasteiger partial charge in [-0.15, -0.1) is 0 Å². The molecule has 0 atom stereocenters. The summed E-state index contributed by atoms with van der Waals surface area (Å²) in [6.07, 6.45) is 4.78. The highest BCUT2D eigenvalue weighted by molar-refractivity contribution is 5.94. The van der Waals surface area contributed by atoms with Gasteiger partial charge in [0.05, 0.1) is 13.2 Å². The van der Waals surface area contributed by atoms with Crippen molar-refractivity contribution in [3.8, 4) is 5.75 Å². The molecule has 3 rings (SSSR count). The number of benzene rings is 2. The smallest absolute Gasteiger partial charge is 0.254 e. The summed E-state index contributed by atoms with van der Waals surface area (Å²) < 4.78 is 26.6. The van der Waals surface area contributed by atoms with Gasteiger partial charge in [0, 0.05) is 44.3 Å².